The zero-order valence-electron chi connectivity index (χ0n) is 11.6. The predicted octanol–water partition coefficient (Wildman–Crippen LogP) is 4.64. The highest BCUT2D eigenvalue weighted by atomic mass is 79.9. The molecule has 0 N–H and O–H groups in total. The summed E-state index contributed by atoms with van der Waals surface area (Å²) in [7, 11) is 0. The summed E-state index contributed by atoms with van der Waals surface area (Å²) in [5.41, 5.74) is 5.21. The van der Waals surface area contributed by atoms with E-state index in [0.29, 0.717) is 4.83 Å². The molecule has 0 aliphatic carbocycles. The van der Waals surface area contributed by atoms with Crippen molar-refractivity contribution in [3.8, 4) is 0 Å². The summed E-state index contributed by atoms with van der Waals surface area (Å²) >= 11 is 3.78. The van der Waals surface area contributed by atoms with Crippen molar-refractivity contribution in [2.24, 2.45) is 0 Å². The lowest BCUT2D eigenvalue weighted by molar-refractivity contribution is 0.748. The largest absolute Gasteiger partial charge is 0.261 e. The lowest BCUT2D eigenvalue weighted by atomic mass is 10.0. The van der Waals surface area contributed by atoms with Crippen molar-refractivity contribution in [3.63, 3.8) is 0 Å². The number of benzene rings is 1. The van der Waals surface area contributed by atoms with Gasteiger partial charge in [-0.25, -0.2) is 0 Å². The molecule has 0 radical (unpaired) electrons. The quantitative estimate of drug-likeness (QED) is 0.732. The number of hydrogen-bond acceptors (Lipinski definition) is 1. The highest BCUT2D eigenvalue weighted by Gasteiger charge is 2.07. The lowest BCUT2D eigenvalue weighted by Gasteiger charge is -2.11. The van der Waals surface area contributed by atoms with Gasteiger partial charge < -0.3 is 0 Å². The average molecular weight is 318 g/mol. The zero-order chi connectivity index (χ0) is 13.7. The van der Waals surface area contributed by atoms with Crippen LogP contribution in [0.25, 0.3) is 0 Å². The highest BCUT2D eigenvalue weighted by molar-refractivity contribution is 9.09. The molecule has 0 saturated carbocycles. The van der Waals surface area contributed by atoms with E-state index in [1.165, 1.54) is 16.7 Å². The van der Waals surface area contributed by atoms with Gasteiger partial charge in [0.15, 0.2) is 0 Å². The van der Waals surface area contributed by atoms with Gasteiger partial charge in [-0.15, -0.1) is 0 Å². The smallest absolute Gasteiger partial charge is 0.0414 e. The Morgan fingerprint density at radius 1 is 1.11 bits per heavy atom. The molecule has 1 atom stereocenters. The summed E-state index contributed by atoms with van der Waals surface area (Å²) in [4.78, 5) is 4.95. The second-order valence-electron chi connectivity index (χ2n) is 5.09. The van der Waals surface area contributed by atoms with Gasteiger partial charge >= 0.3 is 0 Å². The Balaban J connectivity index is 1.86. The Labute approximate surface area is 124 Å². The minimum atomic E-state index is 0.488. The van der Waals surface area contributed by atoms with E-state index in [1.807, 2.05) is 6.20 Å². The van der Waals surface area contributed by atoms with Gasteiger partial charge in [-0.2, -0.15) is 0 Å². The van der Waals surface area contributed by atoms with Crippen molar-refractivity contribution in [1.29, 1.82) is 0 Å². The van der Waals surface area contributed by atoms with Crippen molar-refractivity contribution >= 4 is 15.9 Å². The van der Waals surface area contributed by atoms with Crippen LogP contribution in [0.3, 0.4) is 0 Å². The maximum atomic E-state index is 4.46. The fourth-order valence-electron chi connectivity index (χ4n) is 2.15. The molecule has 1 heterocycles. The van der Waals surface area contributed by atoms with Crippen LogP contribution in [-0.4, -0.2) is 9.81 Å². The van der Waals surface area contributed by atoms with Crippen molar-refractivity contribution in [2.45, 2.75) is 37.9 Å². The van der Waals surface area contributed by atoms with Gasteiger partial charge in [0.05, 0.1) is 0 Å². The molecule has 0 spiro atoms. The Morgan fingerprint density at radius 3 is 2.58 bits per heavy atom. The summed E-state index contributed by atoms with van der Waals surface area (Å²) in [6.45, 7) is 4.25. The molecule has 1 aromatic heterocycles. The summed E-state index contributed by atoms with van der Waals surface area (Å²) in [6.07, 6.45) is 5.19. The fourth-order valence-corrected chi connectivity index (χ4v) is 2.71. The Hall–Kier alpha value is -1.15. The number of nitrogens with zero attached hydrogens (tertiary/aromatic N) is 1. The zero-order valence-corrected chi connectivity index (χ0v) is 13.2. The van der Waals surface area contributed by atoms with Crippen molar-refractivity contribution in [3.05, 3.63) is 65.0 Å². The summed E-state index contributed by atoms with van der Waals surface area (Å²) in [5, 5.41) is 0. The standard InChI is InChI=1S/C17H20BrN/c1-13-7-10-17(19-12-13)11-16(18)9-8-15-6-4-3-5-14(15)2/h3-7,10,12,16H,8-9,11H2,1-2H3. The number of aromatic nitrogens is 1. The Morgan fingerprint density at radius 2 is 1.89 bits per heavy atom. The van der Waals surface area contributed by atoms with Gasteiger partial charge in [-0.05, 0) is 49.4 Å². The van der Waals surface area contributed by atoms with Gasteiger partial charge in [0.25, 0.3) is 0 Å². The molecule has 0 amide bonds. The number of rotatable bonds is 5. The first-order valence-corrected chi connectivity index (χ1v) is 7.67. The van der Waals surface area contributed by atoms with Gasteiger partial charge in [0.2, 0.25) is 0 Å². The monoisotopic (exact) mass is 317 g/mol. The minimum Gasteiger partial charge on any atom is -0.261 e. The predicted molar refractivity (Wildman–Crippen MR) is 84.9 cm³/mol. The molecule has 0 aliphatic heterocycles. The van der Waals surface area contributed by atoms with Crippen LogP contribution in [0.4, 0.5) is 0 Å². The number of alkyl halides is 1. The number of halogens is 1. The number of pyridine rings is 1. The molecule has 1 nitrogen and oxygen atoms in total. The molecule has 2 aromatic rings. The first-order valence-electron chi connectivity index (χ1n) is 6.75. The molecule has 1 aromatic carbocycles. The average Bonchev–Trinajstić information content (AvgIpc) is 2.40. The second kappa shape index (κ2) is 6.85. The second-order valence-corrected chi connectivity index (χ2v) is 6.39. The Bertz CT molecular complexity index is 519. The molecule has 0 bridgehead atoms. The van der Waals surface area contributed by atoms with Gasteiger partial charge in [0.1, 0.15) is 0 Å². The van der Waals surface area contributed by atoms with E-state index in [9.17, 15) is 0 Å². The van der Waals surface area contributed by atoms with E-state index >= 15 is 0 Å². The third-order valence-corrected chi connectivity index (χ3v) is 4.17. The van der Waals surface area contributed by atoms with Crippen LogP contribution in [-0.2, 0) is 12.8 Å². The normalized spacial score (nSPS) is 12.4. The fraction of sp³-hybridized carbons (Fsp3) is 0.353. The summed E-state index contributed by atoms with van der Waals surface area (Å²) in [6, 6.07) is 12.9. The molecule has 2 heteroatoms. The highest BCUT2D eigenvalue weighted by Crippen LogP contribution is 2.17. The van der Waals surface area contributed by atoms with Crippen LogP contribution < -0.4 is 0 Å². The van der Waals surface area contributed by atoms with E-state index in [2.05, 4.69) is 71.2 Å². The van der Waals surface area contributed by atoms with Crippen molar-refractivity contribution in [1.82, 2.24) is 4.98 Å². The van der Waals surface area contributed by atoms with E-state index in [1.54, 1.807) is 0 Å². The van der Waals surface area contributed by atoms with E-state index in [4.69, 9.17) is 0 Å². The van der Waals surface area contributed by atoms with Gasteiger partial charge in [-0.1, -0.05) is 46.3 Å². The summed E-state index contributed by atoms with van der Waals surface area (Å²) < 4.78 is 0. The molecular formula is C17H20BrN. The molecule has 0 aliphatic rings. The van der Waals surface area contributed by atoms with Crippen LogP contribution in [0.1, 0.15) is 28.8 Å². The van der Waals surface area contributed by atoms with Gasteiger partial charge in [-0.3, -0.25) is 4.98 Å². The first kappa shape index (κ1) is 14.3. The lowest BCUT2D eigenvalue weighted by Crippen LogP contribution is -2.06. The Kier molecular flexibility index (Phi) is 5.15. The maximum absolute atomic E-state index is 4.46. The maximum Gasteiger partial charge on any atom is 0.0414 e. The number of hydrogen-bond donors (Lipinski definition) is 0. The van der Waals surface area contributed by atoms with Crippen LogP contribution in [0.15, 0.2) is 42.6 Å². The minimum absolute atomic E-state index is 0.488. The van der Waals surface area contributed by atoms with E-state index in [-0.39, 0.29) is 0 Å². The molecule has 0 fully saturated rings. The number of aryl methyl sites for hydroxylation is 3. The molecule has 0 saturated heterocycles. The molecule has 19 heavy (non-hydrogen) atoms. The molecule has 1 unspecified atom stereocenters. The van der Waals surface area contributed by atoms with Crippen molar-refractivity contribution < 1.29 is 0 Å². The van der Waals surface area contributed by atoms with Crippen molar-refractivity contribution in [2.75, 3.05) is 0 Å². The van der Waals surface area contributed by atoms with Crippen LogP contribution in [0.2, 0.25) is 0 Å². The van der Waals surface area contributed by atoms with Gasteiger partial charge in [0, 0.05) is 23.1 Å². The third-order valence-electron chi connectivity index (χ3n) is 3.39. The SMILES string of the molecule is Cc1ccc(CC(Br)CCc2ccccc2C)nc1. The summed E-state index contributed by atoms with van der Waals surface area (Å²) in [5.74, 6) is 0. The van der Waals surface area contributed by atoms with E-state index < -0.39 is 0 Å². The molecule has 2 rings (SSSR count). The van der Waals surface area contributed by atoms with E-state index in [0.717, 1.165) is 25.0 Å². The molecular weight excluding hydrogens is 298 g/mol. The topological polar surface area (TPSA) is 12.9 Å². The molecule has 100 valence electrons. The van der Waals surface area contributed by atoms with Crippen LogP contribution in [0, 0.1) is 13.8 Å². The third kappa shape index (κ3) is 4.46. The van der Waals surface area contributed by atoms with Crippen LogP contribution in [0.5, 0.6) is 0 Å². The van der Waals surface area contributed by atoms with Crippen LogP contribution >= 0.6 is 15.9 Å². The first-order chi connectivity index (χ1) is 9.15.